The van der Waals surface area contributed by atoms with Gasteiger partial charge in [0, 0.05) is 25.8 Å². The average molecular weight is 535 g/mol. The Morgan fingerprint density at radius 3 is 2.57 bits per heavy atom. The van der Waals surface area contributed by atoms with Gasteiger partial charge in [0.15, 0.2) is 0 Å². The van der Waals surface area contributed by atoms with Gasteiger partial charge in [-0.05, 0) is 49.0 Å². The van der Waals surface area contributed by atoms with Crippen molar-refractivity contribution in [1.29, 1.82) is 0 Å². The first-order valence-corrected chi connectivity index (χ1v) is 13.4. The normalized spacial score (nSPS) is 17.8. The van der Waals surface area contributed by atoms with Gasteiger partial charge in [-0.2, -0.15) is 0 Å². The predicted molar refractivity (Wildman–Crippen MR) is 149 cm³/mol. The van der Waals surface area contributed by atoms with E-state index in [1.165, 1.54) is 14.9 Å². The molecule has 10 heteroatoms. The topological polar surface area (TPSA) is 95.2 Å². The summed E-state index contributed by atoms with van der Waals surface area (Å²) < 4.78 is 1.76. The number of pyridine rings is 1. The number of carboxylic acid groups (broad SMARTS) is 1. The molecule has 0 radical (unpaired) electrons. The number of benzene rings is 1. The number of thioether (sulfide) groups is 1. The number of fused-ring (bicyclic) bond motifs is 1. The molecule has 2 aliphatic rings. The zero-order chi connectivity index (χ0) is 25.9. The molecule has 2 aliphatic heterocycles. The van der Waals surface area contributed by atoms with Crippen LogP contribution in [0, 0.1) is 5.92 Å². The van der Waals surface area contributed by atoms with Crippen molar-refractivity contribution >= 4 is 57.7 Å². The van der Waals surface area contributed by atoms with E-state index in [0.29, 0.717) is 27.9 Å². The standard InChI is InChI=1S/C27H26N4O4S2/c32-23(33)11-15-31-26(35)21(37-27(31)36)17-20-24(28-22-8-4-5-12-30(22)25(20)34)29-13-9-19(10-14-29)16-18-6-2-1-3-7-18/h1-8,12,17,19H,9-11,13-16H2,(H,32,33)/b21-17-. The largest absolute Gasteiger partial charge is 0.481 e. The summed E-state index contributed by atoms with van der Waals surface area (Å²) in [4.78, 5) is 46.1. The molecule has 1 amide bonds. The molecule has 0 saturated carbocycles. The number of hydrogen-bond donors (Lipinski definition) is 1. The van der Waals surface area contributed by atoms with Crippen molar-refractivity contribution in [2.24, 2.45) is 5.92 Å². The Morgan fingerprint density at radius 2 is 1.84 bits per heavy atom. The molecule has 1 aromatic carbocycles. The number of rotatable bonds is 7. The zero-order valence-electron chi connectivity index (χ0n) is 20.1. The molecule has 37 heavy (non-hydrogen) atoms. The van der Waals surface area contributed by atoms with Crippen molar-refractivity contribution in [3.63, 3.8) is 0 Å². The quantitative estimate of drug-likeness (QED) is 0.361. The number of anilines is 1. The summed E-state index contributed by atoms with van der Waals surface area (Å²) in [6, 6.07) is 15.9. The van der Waals surface area contributed by atoms with Gasteiger partial charge in [-0.3, -0.25) is 23.7 Å². The number of carboxylic acids is 1. The molecule has 4 heterocycles. The fourth-order valence-electron chi connectivity index (χ4n) is 4.79. The SMILES string of the molecule is O=C(O)CCN1C(=O)/C(=C/c2c(N3CCC(Cc4ccccc4)CC3)nc3ccccn3c2=O)SC1=S. The lowest BCUT2D eigenvalue weighted by Crippen LogP contribution is -2.37. The summed E-state index contributed by atoms with van der Waals surface area (Å²) >= 11 is 6.40. The Morgan fingerprint density at radius 1 is 1.11 bits per heavy atom. The van der Waals surface area contributed by atoms with Gasteiger partial charge in [-0.15, -0.1) is 0 Å². The van der Waals surface area contributed by atoms with Crippen molar-refractivity contribution in [3.05, 3.63) is 81.1 Å². The Bertz CT molecular complexity index is 1450. The third-order valence-electron chi connectivity index (χ3n) is 6.73. The Balaban J connectivity index is 1.45. The monoisotopic (exact) mass is 534 g/mol. The van der Waals surface area contributed by atoms with Crippen LogP contribution >= 0.6 is 24.0 Å². The van der Waals surface area contributed by atoms with E-state index in [4.69, 9.17) is 22.3 Å². The van der Waals surface area contributed by atoms with Crippen LogP contribution in [0.1, 0.15) is 30.4 Å². The lowest BCUT2D eigenvalue weighted by Gasteiger charge is -2.33. The summed E-state index contributed by atoms with van der Waals surface area (Å²) in [5.74, 6) is -0.284. The third-order valence-corrected chi connectivity index (χ3v) is 8.11. The summed E-state index contributed by atoms with van der Waals surface area (Å²) in [5.41, 5.74) is 1.94. The minimum absolute atomic E-state index is 0.00588. The summed E-state index contributed by atoms with van der Waals surface area (Å²) in [5, 5.41) is 9.01. The van der Waals surface area contributed by atoms with Gasteiger partial charge in [0.05, 0.1) is 16.9 Å². The van der Waals surface area contributed by atoms with E-state index in [1.54, 1.807) is 24.4 Å². The van der Waals surface area contributed by atoms with Crippen molar-refractivity contribution in [2.75, 3.05) is 24.5 Å². The van der Waals surface area contributed by atoms with Gasteiger partial charge in [0.25, 0.3) is 11.5 Å². The number of amides is 1. The second kappa shape index (κ2) is 10.9. The molecule has 0 unspecified atom stereocenters. The van der Waals surface area contributed by atoms with Crippen LogP contribution < -0.4 is 10.5 Å². The molecular weight excluding hydrogens is 508 g/mol. The van der Waals surface area contributed by atoms with E-state index in [1.807, 2.05) is 12.1 Å². The third kappa shape index (κ3) is 5.45. The first-order valence-electron chi connectivity index (χ1n) is 12.2. The maximum absolute atomic E-state index is 13.6. The molecule has 5 rings (SSSR count). The lowest BCUT2D eigenvalue weighted by molar-refractivity contribution is -0.137. The molecule has 0 atom stereocenters. The van der Waals surface area contributed by atoms with Crippen LogP contribution in [-0.4, -0.2) is 55.2 Å². The van der Waals surface area contributed by atoms with Crippen LogP contribution in [0.15, 0.2) is 64.4 Å². The van der Waals surface area contributed by atoms with Crippen molar-refractivity contribution < 1.29 is 14.7 Å². The van der Waals surface area contributed by atoms with E-state index >= 15 is 0 Å². The first kappa shape index (κ1) is 25.2. The molecule has 1 N–H and O–H groups in total. The Hall–Kier alpha value is -3.50. The molecule has 2 saturated heterocycles. The van der Waals surface area contributed by atoms with E-state index in [-0.39, 0.29) is 28.8 Å². The highest BCUT2D eigenvalue weighted by molar-refractivity contribution is 8.26. The van der Waals surface area contributed by atoms with Crippen molar-refractivity contribution in [2.45, 2.75) is 25.7 Å². The number of piperidine rings is 1. The molecule has 8 nitrogen and oxygen atoms in total. The minimum atomic E-state index is -1.01. The fraction of sp³-hybridized carbons (Fsp3) is 0.296. The maximum Gasteiger partial charge on any atom is 0.305 e. The highest BCUT2D eigenvalue weighted by atomic mass is 32.2. The van der Waals surface area contributed by atoms with E-state index in [0.717, 1.165) is 44.1 Å². The number of carbonyl (C=O) groups excluding carboxylic acids is 1. The number of nitrogens with zero attached hydrogens (tertiary/aromatic N) is 4. The van der Waals surface area contributed by atoms with Crippen LogP contribution in [0.2, 0.25) is 0 Å². The summed E-state index contributed by atoms with van der Waals surface area (Å²) in [6.45, 7) is 1.51. The highest BCUT2D eigenvalue weighted by Gasteiger charge is 2.33. The van der Waals surface area contributed by atoms with Crippen LogP contribution in [0.4, 0.5) is 5.82 Å². The smallest absolute Gasteiger partial charge is 0.305 e. The Labute approximate surface area is 223 Å². The van der Waals surface area contributed by atoms with Gasteiger partial charge in [-0.25, -0.2) is 4.98 Å². The number of hydrogen-bond acceptors (Lipinski definition) is 7. The number of thiocarbonyl (C=S) groups is 1. The van der Waals surface area contributed by atoms with E-state index in [2.05, 4.69) is 29.2 Å². The average Bonchev–Trinajstić information content (AvgIpc) is 3.17. The molecule has 0 spiro atoms. The lowest BCUT2D eigenvalue weighted by atomic mass is 9.90. The van der Waals surface area contributed by atoms with E-state index in [9.17, 15) is 14.4 Å². The zero-order valence-corrected chi connectivity index (χ0v) is 21.7. The van der Waals surface area contributed by atoms with E-state index < -0.39 is 5.97 Å². The van der Waals surface area contributed by atoms with Gasteiger partial charge < -0.3 is 10.0 Å². The van der Waals surface area contributed by atoms with Crippen molar-refractivity contribution in [3.8, 4) is 0 Å². The van der Waals surface area contributed by atoms with Gasteiger partial charge in [0.2, 0.25) is 0 Å². The Kier molecular flexibility index (Phi) is 7.38. The van der Waals surface area contributed by atoms with Crippen molar-refractivity contribution in [1.82, 2.24) is 14.3 Å². The van der Waals surface area contributed by atoms with Crippen LogP contribution in [0.3, 0.4) is 0 Å². The molecule has 3 aromatic rings. The van der Waals surface area contributed by atoms with Gasteiger partial charge in [-0.1, -0.05) is 60.4 Å². The molecule has 0 aliphatic carbocycles. The second-order valence-electron chi connectivity index (χ2n) is 9.18. The fourth-order valence-corrected chi connectivity index (χ4v) is 6.08. The van der Waals surface area contributed by atoms with Gasteiger partial charge >= 0.3 is 5.97 Å². The van der Waals surface area contributed by atoms with Gasteiger partial charge in [0.1, 0.15) is 15.8 Å². The number of aliphatic carboxylic acids is 1. The molecular formula is C27H26N4O4S2. The predicted octanol–water partition coefficient (Wildman–Crippen LogP) is 3.83. The highest BCUT2D eigenvalue weighted by Crippen LogP contribution is 2.34. The van der Waals surface area contributed by atoms with Crippen LogP contribution in [0.25, 0.3) is 11.7 Å². The van der Waals surface area contributed by atoms with Crippen LogP contribution in [-0.2, 0) is 16.0 Å². The minimum Gasteiger partial charge on any atom is -0.481 e. The second-order valence-corrected chi connectivity index (χ2v) is 10.9. The molecule has 2 fully saturated rings. The molecule has 2 aromatic heterocycles. The number of aromatic nitrogens is 2. The molecule has 190 valence electrons. The maximum atomic E-state index is 13.6. The summed E-state index contributed by atoms with van der Waals surface area (Å²) in [6.07, 6.45) is 6.00. The van der Waals surface area contributed by atoms with Crippen LogP contribution in [0.5, 0.6) is 0 Å². The number of carbonyl (C=O) groups is 2. The first-order chi connectivity index (χ1) is 17.9. The molecule has 0 bridgehead atoms. The summed E-state index contributed by atoms with van der Waals surface area (Å²) in [7, 11) is 0.